The predicted octanol–water partition coefficient (Wildman–Crippen LogP) is 2.05. The molecule has 2 rings (SSSR count). The summed E-state index contributed by atoms with van der Waals surface area (Å²) in [5, 5.41) is 12.1. The lowest BCUT2D eigenvalue weighted by Crippen LogP contribution is -2.51. The summed E-state index contributed by atoms with van der Waals surface area (Å²) in [7, 11) is 0. The molecular weight excluding hydrogens is 238 g/mol. The summed E-state index contributed by atoms with van der Waals surface area (Å²) in [6.07, 6.45) is 2.94. The molecule has 1 aromatic carbocycles. The van der Waals surface area contributed by atoms with E-state index < -0.39 is 0 Å². The van der Waals surface area contributed by atoms with Gasteiger partial charge in [-0.05, 0) is 50.1 Å². The largest absolute Gasteiger partial charge is 0.311 e. The number of anilines is 1. The van der Waals surface area contributed by atoms with Crippen LogP contribution in [0.3, 0.4) is 0 Å². The topological polar surface area (TPSA) is 56.1 Å². The summed E-state index contributed by atoms with van der Waals surface area (Å²) in [4.78, 5) is 14.2. The highest BCUT2D eigenvalue weighted by Gasteiger charge is 2.28. The van der Waals surface area contributed by atoms with E-state index in [-0.39, 0.29) is 11.9 Å². The van der Waals surface area contributed by atoms with E-state index >= 15 is 0 Å². The van der Waals surface area contributed by atoms with Gasteiger partial charge in [0.2, 0.25) is 5.91 Å². The van der Waals surface area contributed by atoms with Crippen molar-refractivity contribution in [2.75, 3.05) is 18.0 Å². The molecule has 4 nitrogen and oxygen atoms in total. The van der Waals surface area contributed by atoms with E-state index in [0.717, 1.165) is 38.0 Å². The summed E-state index contributed by atoms with van der Waals surface area (Å²) < 4.78 is 0. The Balaban J connectivity index is 2.10. The van der Waals surface area contributed by atoms with Crippen molar-refractivity contribution in [2.24, 2.45) is 0 Å². The van der Waals surface area contributed by atoms with E-state index in [9.17, 15) is 4.79 Å². The second-order valence-electron chi connectivity index (χ2n) is 4.80. The van der Waals surface area contributed by atoms with Crippen LogP contribution in [0.5, 0.6) is 0 Å². The minimum atomic E-state index is -0.0654. The lowest BCUT2D eigenvalue weighted by molar-refractivity contribution is -0.121. The van der Waals surface area contributed by atoms with Crippen LogP contribution >= 0.6 is 0 Å². The maximum absolute atomic E-state index is 12.4. The molecule has 19 heavy (non-hydrogen) atoms. The maximum atomic E-state index is 12.4. The van der Waals surface area contributed by atoms with Gasteiger partial charge in [-0.1, -0.05) is 6.92 Å². The van der Waals surface area contributed by atoms with Crippen LogP contribution in [0.1, 0.15) is 31.7 Å². The van der Waals surface area contributed by atoms with Gasteiger partial charge in [0, 0.05) is 12.2 Å². The molecule has 4 heteroatoms. The number of benzene rings is 1. The second kappa shape index (κ2) is 6.35. The van der Waals surface area contributed by atoms with Gasteiger partial charge >= 0.3 is 0 Å². The Morgan fingerprint density at radius 1 is 1.42 bits per heavy atom. The van der Waals surface area contributed by atoms with Crippen molar-refractivity contribution in [1.29, 1.82) is 5.26 Å². The van der Waals surface area contributed by atoms with Gasteiger partial charge < -0.3 is 10.2 Å². The number of nitrogens with one attached hydrogen (secondary N) is 1. The Kier molecular flexibility index (Phi) is 4.53. The highest BCUT2D eigenvalue weighted by atomic mass is 16.2. The van der Waals surface area contributed by atoms with Crippen LogP contribution in [-0.2, 0) is 4.79 Å². The predicted molar refractivity (Wildman–Crippen MR) is 74.8 cm³/mol. The highest BCUT2D eigenvalue weighted by Crippen LogP contribution is 2.21. The molecule has 1 amide bonds. The minimum Gasteiger partial charge on any atom is -0.311 e. The van der Waals surface area contributed by atoms with Gasteiger partial charge in [-0.15, -0.1) is 0 Å². The number of amides is 1. The van der Waals surface area contributed by atoms with Gasteiger partial charge in [-0.2, -0.15) is 5.26 Å². The van der Waals surface area contributed by atoms with Crippen molar-refractivity contribution < 1.29 is 4.79 Å². The standard InChI is InChI=1S/C15H19N3O/c1-2-9-17-14-4-3-10-18(15(14)19)13-7-5-12(11-16)6-8-13/h5-8,14,17H,2-4,9-10H2,1H3. The van der Waals surface area contributed by atoms with Gasteiger partial charge in [0.25, 0.3) is 0 Å². The first-order valence-corrected chi connectivity index (χ1v) is 6.81. The molecule has 0 aliphatic carbocycles. The Bertz CT molecular complexity index is 475. The molecule has 1 aliphatic heterocycles. The number of rotatable bonds is 4. The molecule has 0 radical (unpaired) electrons. The van der Waals surface area contributed by atoms with Crippen LogP contribution in [0.4, 0.5) is 5.69 Å². The molecule has 1 fully saturated rings. The zero-order chi connectivity index (χ0) is 13.7. The normalized spacial score (nSPS) is 19.3. The van der Waals surface area contributed by atoms with Crippen LogP contribution in [0.15, 0.2) is 24.3 Å². The lowest BCUT2D eigenvalue weighted by atomic mass is 10.0. The van der Waals surface area contributed by atoms with Crippen molar-refractivity contribution in [1.82, 2.24) is 5.32 Å². The fraction of sp³-hybridized carbons (Fsp3) is 0.467. The van der Waals surface area contributed by atoms with Crippen molar-refractivity contribution in [3.05, 3.63) is 29.8 Å². The summed E-state index contributed by atoms with van der Waals surface area (Å²) in [5.41, 5.74) is 1.50. The summed E-state index contributed by atoms with van der Waals surface area (Å²) in [6, 6.07) is 9.23. The molecule has 0 saturated carbocycles. The van der Waals surface area contributed by atoms with Gasteiger partial charge in [-0.3, -0.25) is 4.79 Å². The first kappa shape index (κ1) is 13.6. The molecule has 1 saturated heterocycles. The molecule has 1 aromatic rings. The average molecular weight is 257 g/mol. The Morgan fingerprint density at radius 2 is 2.16 bits per heavy atom. The van der Waals surface area contributed by atoms with E-state index in [4.69, 9.17) is 5.26 Å². The fourth-order valence-corrected chi connectivity index (χ4v) is 2.36. The van der Waals surface area contributed by atoms with Crippen molar-refractivity contribution >= 4 is 11.6 Å². The average Bonchev–Trinajstić information content (AvgIpc) is 2.46. The first-order chi connectivity index (χ1) is 9.26. The number of nitrogens with zero attached hydrogens (tertiary/aromatic N) is 2. The van der Waals surface area contributed by atoms with Crippen LogP contribution in [0.25, 0.3) is 0 Å². The van der Waals surface area contributed by atoms with Crippen molar-refractivity contribution in [3.8, 4) is 6.07 Å². The van der Waals surface area contributed by atoms with E-state index in [1.54, 1.807) is 12.1 Å². The third-order valence-corrected chi connectivity index (χ3v) is 3.39. The molecule has 0 spiro atoms. The minimum absolute atomic E-state index is 0.0654. The Hall–Kier alpha value is -1.86. The summed E-state index contributed by atoms with van der Waals surface area (Å²) in [5.74, 6) is 0.143. The molecular formula is C15H19N3O. The summed E-state index contributed by atoms with van der Waals surface area (Å²) in [6.45, 7) is 3.73. The molecule has 1 atom stereocenters. The third-order valence-electron chi connectivity index (χ3n) is 3.39. The molecule has 1 heterocycles. The van der Waals surface area contributed by atoms with E-state index in [2.05, 4.69) is 18.3 Å². The number of carbonyl (C=O) groups is 1. The molecule has 0 bridgehead atoms. The third kappa shape index (κ3) is 3.12. The van der Waals surface area contributed by atoms with E-state index in [1.807, 2.05) is 17.0 Å². The summed E-state index contributed by atoms with van der Waals surface area (Å²) >= 11 is 0. The number of carbonyl (C=O) groups excluding carboxylic acids is 1. The second-order valence-corrected chi connectivity index (χ2v) is 4.80. The van der Waals surface area contributed by atoms with Crippen LogP contribution in [0, 0.1) is 11.3 Å². The van der Waals surface area contributed by atoms with Crippen LogP contribution in [-0.4, -0.2) is 25.0 Å². The molecule has 1 unspecified atom stereocenters. The van der Waals surface area contributed by atoms with E-state index in [0.29, 0.717) is 5.56 Å². The zero-order valence-electron chi connectivity index (χ0n) is 11.2. The number of hydrogen-bond donors (Lipinski definition) is 1. The van der Waals surface area contributed by atoms with Gasteiger partial charge in [-0.25, -0.2) is 0 Å². The van der Waals surface area contributed by atoms with E-state index in [1.165, 1.54) is 0 Å². The molecule has 1 aliphatic rings. The Morgan fingerprint density at radius 3 is 2.79 bits per heavy atom. The number of nitriles is 1. The number of piperidine rings is 1. The van der Waals surface area contributed by atoms with Crippen LogP contribution in [0.2, 0.25) is 0 Å². The monoisotopic (exact) mass is 257 g/mol. The molecule has 0 aromatic heterocycles. The molecule has 100 valence electrons. The fourth-order valence-electron chi connectivity index (χ4n) is 2.36. The Labute approximate surface area is 114 Å². The van der Waals surface area contributed by atoms with Crippen LogP contribution < -0.4 is 10.2 Å². The first-order valence-electron chi connectivity index (χ1n) is 6.81. The molecule has 1 N–H and O–H groups in total. The lowest BCUT2D eigenvalue weighted by Gasteiger charge is -2.32. The quantitative estimate of drug-likeness (QED) is 0.898. The van der Waals surface area contributed by atoms with Gasteiger partial charge in [0.15, 0.2) is 0 Å². The highest BCUT2D eigenvalue weighted by molar-refractivity contribution is 5.97. The number of hydrogen-bond acceptors (Lipinski definition) is 3. The van der Waals surface area contributed by atoms with Crippen molar-refractivity contribution in [2.45, 2.75) is 32.2 Å². The maximum Gasteiger partial charge on any atom is 0.244 e. The van der Waals surface area contributed by atoms with Gasteiger partial charge in [0.1, 0.15) is 0 Å². The smallest absolute Gasteiger partial charge is 0.244 e. The van der Waals surface area contributed by atoms with Gasteiger partial charge in [0.05, 0.1) is 17.7 Å². The van der Waals surface area contributed by atoms with Crippen molar-refractivity contribution in [3.63, 3.8) is 0 Å². The SMILES string of the molecule is CCCNC1CCCN(c2ccc(C#N)cc2)C1=O. The zero-order valence-corrected chi connectivity index (χ0v) is 11.2.